The van der Waals surface area contributed by atoms with Crippen molar-refractivity contribution >= 4 is 17.5 Å². The largest absolute Gasteiger partial charge is 0.348 e. The van der Waals surface area contributed by atoms with Gasteiger partial charge in [0.05, 0.1) is 12.0 Å². The van der Waals surface area contributed by atoms with Crippen molar-refractivity contribution in [2.75, 3.05) is 5.88 Å². The van der Waals surface area contributed by atoms with Crippen molar-refractivity contribution in [3.63, 3.8) is 0 Å². The lowest BCUT2D eigenvalue weighted by Crippen LogP contribution is -2.37. The molecule has 1 aromatic rings. The Morgan fingerprint density at radius 3 is 2.80 bits per heavy atom. The quantitative estimate of drug-likeness (QED) is 0.775. The van der Waals surface area contributed by atoms with Crippen LogP contribution in [-0.4, -0.2) is 26.6 Å². The van der Waals surface area contributed by atoms with Gasteiger partial charge in [-0.05, 0) is 13.8 Å². The molecular formula is C9H15ClN4O. The molecule has 1 rings (SSSR count). The maximum Gasteiger partial charge on any atom is 0.227 e. The highest BCUT2D eigenvalue weighted by Gasteiger charge is 2.26. The van der Waals surface area contributed by atoms with Crippen molar-refractivity contribution in [1.29, 1.82) is 0 Å². The SMILES string of the molecule is Cn1cnc(CNC(=O)C(C)(C)CCl)n1. The Morgan fingerprint density at radius 1 is 1.67 bits per heavy atom. The number of rotatable bonds is 4. The van der Waals surface area contributed by atoms with Gasteiger partial charge in [0.15, 0.2) is 5.82 Å². The fraction of sp³-hybridized carbons (Fsp3) is 0.667. The number of hydrogen-bond donors (Lipinski definition) is 1. The fourth-order valence-electron chi connectivity index (χ4n) is 0.924. The average molecular weight is 231 g/mol. The second kappa shape index (κ2) is 4.61. The van der Waals surface area contributed by atoms with Gasteiger partial charge in [0.1, 0.15) is 6.33 Å². The Bertz CT molecular complexity index is 348. The summed E-state index contributed by atoms with van der Waals surface area (Å²) in [6.45, 7) is 3.92. The number of alkyl halides is 1. The van der Waals surface area contributed by atoms with Crippen LogP contribution in [0.25, 0.3) is 0 Å². The lowest BCUT2D eigenvalue weighted by molar-refractivity contribution is -0.128. The van der Waals surface area contributed by atoms with E-state index in [1.807, 2.05) is 0 Å². The molecule has 0 saturated heterocycles. The van der Waals surface area contributed by atoms with Crippen LogP contribution in [0.15, 0.2) is 6.33 Å². The molecule has 0 bridgehead atoms. The van der Waals surface area contributed by atoms with E-state index < -0.39 is 5.41 Å². The van der Waals surface area contributed by atoms with Crippen LogP contribution in [0.4, 0.5) is 0 Å². The van der Waals surface area contributed by atoms with E-state index in [0.717, 1.165) is 0 Å². The van der Waals surface area contributed by atoms with Gasteiger partial charge in [-0.3, -0.25) is 9.48 Å². The van der Waals surface area contributed by atoms with Crippen LogP contribution < -0.4 is 5.32 Å². The third-order valence-corrected chi connectivity index (χ3v) is 2.67. The third-order valence-electron chi connectivity index (χ3n) is 2.00. The molecule has 0 saturated carbocycles. The first-order valence-corrected chi connectivity index (χ1v) is 5.18. The standard InChI is InChI=1S/C9H15ClN4O/c1-9(2,5-10)8(15)11-4-7-12-6-14(3)13-7/h6H,4-5H2,1-3H3,(H,11,15). The molecule has 0 aliphatic rings. The summed E-state index contributed by atoms with van der Waals surface area (Å²) in [6, 6.07) is 0. The minimum Gasteiger partial charge on any atom is -0.348 e. The van der Waals surface area contributed by atoms with Crippen LogP contribution in [0.1, 0.15) is 19.7 Å². The Morgan fingerprint density at radius 2 is 2.33 bits per heavy atom. The number of nitrogens with one attached hydrogen (secondary N) is 1. The number of aromatic nitrogens is 3. The van der Waals surface area contributed by atoms with Crippen molar-refractivity contribution in [2.24, 2.45) is 12.5 Å². The topological polar surface area (TPSA) is 59.8 Å². The molecular weight excluding hydrogens is 216 g/mol. The molecule has 1 amide bonds. The summed E-state index contributed by atoms with van der Waals surface area (Å²) >= 11 is 5.68. The zero-order chi connectivity index (χ0) is 11.5. The molecule has 0 spiro atoms. The van der Waals surface area contributed by atoms with Crippen LogP contribution >= 0.6 is 11.6 Å². The number of carbonyl (C=O) groups is 1. The minimum atomic E-state index is -0.559. The number of hydrogen-bond acceptors (Lipinski definition) is 3. The van der Waals surface area contributed by atoms with Gasteiger partial charge in [0.25, 0.3) is 0 Å². The second-order valence-corrected chi connectivity index (χ2v) is 4.30. The molecule has 15 heavy (non-hydrogen) atoms. The lowest BCUT2D eigenvalue weighted by atomic mass is 9.95. The summed E-state index contributed by atoms with van der Waals surface area (Å²) < 4.78 is 1.59. The van der Waals surface area contributed by atoms with Crippen LogP contribution in [0.2, 0.25) is 0 Å². The van der Waals surface area contributed by atoms with Crippen molar-refractivity contribution in [3.8, 4) is 0 Å². The van der Waals surface area contributed by atoms with E-state index in [0.29, 0.717) is 12.4 Å². The van der Waals surface area contributed by atoms with Crippen LogP contribution in [0.5, 0.6) is 0 Å². The molecule has 6 heteroatoms. The molecule has 1 aromatic heterocycles. The van der Waals surface area contributed by atoms with Crippen molar-refractivity contribution in [2.45, 2.75) is 20.4 Å². The van der Waals surface area contributed by atoms with Gasteiger partial charge >= 0.3 is 0 Å². The highest BCUT2D eigenvalue weighted by molar-refractivity contribution is 6.19. The van der Waals surface area contributed by atoms with Crippen molar-refractivity contribution in [1.82, 2.24) is 20.1 Å². The second-order valence-electron chi connectivity index (χ2n) is 4.03. The summed E-state index contributed by atoms with van der Waals surface area (Å²) in [5, 5.41) is 6.79. The summed E-state index contributed by atoms with van der Waals surface area (Å²) in [7, 11) is 1.78. The maximum absolute atomic E-state index is 11.6. The summed E-state index contributed by atoms with van der Waals surface area (Å²) in [5.74, 6) is 0.787. The lowest BCUT2D eigenvalue weighted by Gasteiger charge is -2.19. The zero-order valence-electron chi connectivity index (χ0n) is 9.12. The summed E-state index contributed by atoms with van der Waals surface area (Å²) in [6.07, 6.45) is 1.59. The van der Waals surface area contributed by atoms with Gasteiger partial charge in [-0.1, -0.05) is 0 Å². The van der Waals surface area contributed by atoms with Crippen molar-refractivity contribution < 1.29 is 4.79 Å². The molecule has 0 aromatic carbocycles. The van der Waals surface area contributed by atoms with Gasteiger partial charge in [0.2, 0.25) is 5.91 Å². The fourth-order valence-corrected chi connectivity index (χ4v) is 1.05. The summed E-state index contributed by atoms with van der Waals surface area (Å²) in [5.41, 5.74) is -0.559. The first-order chi connectivity index (χ1) is 6.95. The Labute approximate surface area is 93.8 Å². The van der Waals surface area contributed by atoms with Gasteiger partial charge in [-0.15, -0.1) is 11.6 Å². The van der Waals surface area contributed by atoms with Crippen LogP contribution in [0, 0.1) is 5.41 Å². The van der Waals surface area contributed by atoms with E-state index in [1.54, 1.807) is 31.9 Å². The number of amides is 1. The first-order valence-electron chi connectivity index (χ1n) is 4.64. The number of nitrogens with zero attached hydrogens (tertiary/aromatic N) is 3. The molecule has 1 N–H and O–H groups in total. The van der Waals surface area contributed by atoms with E-state index in [9.17, 15) is 4.79 Å². The van der Waals surface area contributed by atoms with E-state index in [4.69, 9.17) is 11.6 Å². The minimum absolute atomic E-state index is 0.0926. The molecule has 0 fully saturated rings. The van der Waals surface area contributed by atoms with Crippen LogP contribution in [-0.2, 0) is 18.4 Å². The smallest absolute Gasteiger partial charge is 0.227 e. The Kier molecular flexibility index (Phi) is 3.68. The van der Waals surface area contributed by atoms with Gasteiger partial charge in [-0.25, -0.2) is 4.98 Å². The predicted molar refractivity (Wildman–Crippen MR) is 57.4 cm³/mol. The van der Waals surface area contributed by atoms with E-state index >= 15 is 0 Å². The van der Waals surface area contributed by atoms with Crippen LogP contribution in [0.3, 0.4) is 0 Å². The highest BCUT2D eigenvalue weighted by atomic mass is 35.5. The Hall–Kier alpha value is -1.10. The molecule has 0 aliphatic heterocycles. The van der Waals surface area contributed by atoms with Crippen molar-refractivity contribution in [3.05, 3.63) is 12.2 Å². The van der Waals surface area contributed by atoms with E-state index in [2.05, 4.69) is 15.4 Å². The monoisotopic (exact) mass is 230 g/mol. The molecule has 1 heterocycles. The molecule has 84 valence electrons. The molecule has 0 aliphatic carbocycles. The number of halogens is 1. The molecule has 0 radical (unpaired) electrons. The van der Waals surface area contributed by atoms with Gasteiger partial charge in [0, 0.05) is 12.9 Å². The Balaban J connectivity index is 2.47. The molecule has 0 unspecified atom stereocenters. The third kappa shape index (κ3) is 3.20. The van der Waals surface area contributed by atoms with Gasteiger partial charge < -0.3 is 5.32 Å². The zero-order valence-corrected chi connectivity index (χ0v) is 9.88. The maximum atomic E-state index is 11.6. The highest BCUT2D eigenvalue weighted by Crippen LogP contribution is 2.16. The van der Waals surface area contributed by atoms with E-state index in [-0.39, 0.29) is 11.8 Å². The molecule has 5 nitrogen and oxygen atoms in total. The van der Waals surface area contributed by atoms with E-state index in [1.165, 1.54) is 0 Å². The van der Waals surface area contributed by atoms with Gasteiger partial charge in [-0.2, -0.15) is 5.10 Å². The molecule has 0 atom stereocenters. The predicted octanol–water partition coefficient (Wildman–Crippen LogP) is 0.696. The number of aryl methyl sites for hydroxylation is 1. The normalized spacial score (nSPS) is 11.5. The number of carbonyl (C=O) groups excluding carboxylic acids is 1. The average Bonchev–Trinajstić information content (AvgIpc) is 2.60. The summed E-state index contributed by atoms with van der Waals surface area (Å²) in [4.78, 5) is 15.6. The first kappa shape index (κ1) is 12.0.